The van der Waals surface area contributed by atoms with Gasteiger partial charge in [0.05, 0.1) is 28.3 Å². The molecule has 130 valence electrons. The number of carbonyl (C=O) groups is 2. The molecule has 0 bridgehead atoms. The topological polar surface area (TPSA) is 96.0 Å². The van der Waals surface area contributed by atoms with Crippen molar-refractivity contribution in [2.24, 2.45) is 11.1 Å². The first-order chi connectivity index (χ1) is 11.8. The average molecular weight is 374 g/mol. The lowest BCUT2D eigenvalue weighted by Crippen LogP contribution is -2.37. The molecule has 1 amide bonds. The van der Waals surface area contributed by atoms with Gasteiger partial charge in [-0.05, 0) is 23.3 Å². The number of ketones is 1. The van der Waals surface area contributed by atoms with E-state index in [4.69, 9.17) is 5.73 Å². The third kappa shape index (κ3) is 3.51. The van der Waals surface area contributed by atoms with Gasteiger partial charge in [0.1, 0.15) is 0 Å². The van der Waals surface area contributed by atoms with Crippen molar-refractivity contribution >= 4 is 34.8 Å². The van der Waals surface area contributed by atoms with Gasteiger partial charge in [-0.15, -0.1) is 11.3 Å². The minimum absolute atomic E-state index is 0.0869. The van der Waals surface area contributed by atoms with Crippen LogP contribution < -0.4 is 11.1 Å². The van der Waals surface area contributed by atoms with E-state index in [0.717, 1.165) is 17.0 Å². The van der Waals surface area contributed by atoms with Gasteiger partial charge in [-0.25, -0.2) is 0 Å². The number of rotatable bonds is 4. The maximum atomic E-state index is 12.9. The van der Waals surface area contributed by atoms with Crippen LogP contribution in [-0.4, -0.2) is 17.4 Å². The number of amides is 1. The maximum Gasteiger partial charge on any atom is 0.227 e. The van der Waals surface area contributed by atoms with E-state index in [2.05, 4.69) is 25.2 Å². The van der Waals surface area contributed by atoms with Crippen molar-refractivity contribution in [2.45, 2.75) is 32.6 Å². The Bertz CT molecular complexity index is 829. The number of nitriles is 1. The Morgan fingerprint density at radius 1 is 1.52 bits per heavy atom. The highest BCUT2D eigenvalue weighted by atomic mass is 32.2. The first-order valence-electron chi connectivity index (χ1n) is 7.94. The van der Waals surface area contributed by atoms with E-state index in [1.165, 1.54) is 23.1 Å². The molecule has 0 spiro atoms. The second-order valence-electron chi connectivity index (χ2n) is 7.02. The van der Waals surface area contributed by atoms with Gasteiger partial charge < -0.3 is 11.1 Å². The Hall–Kier alpha value is -2.04. The number of primary amides is 1. The molecule has 0 saturated heterocycles. The molecular weight excluding hydrogens is 354 g/mol. The van der Waals surface area contributed by atoms with Gasteiger partial charge in [0.25, 0.3) is 0 Å². The van der Waals surface area contributed by atoms with Crippen molar-refractivity contribution < 1.29 is 9.59 Å². The van der Waals surface area contributed by atoms with Crippen LogP contribution in [0, 0.1) is 16.7 Å². The third-order valence-electron chi connectivity index (χ3n) is 4.31. The molecule has 7 heteroatoms. The molecule has 0 fully saturated rings. The highest BCUT2D eigenvalue weighted by Gasteiger charge is 2.42. The summed E-state index contributed by atoms with van der Waals surface area (Å²) < 4.78 is 0. The number of nitrogens with two attached hydrogens (primary N) is 1. The van der Waals surface area contributed by atoms with Crippen molar-refractivity contribution in [3.05, 3.63) is 44.3 Å². The van der Waals surface area contributed by atoms with Crippen LogP contribution in [0.2, 0.25) is 0 Å². The number of Topliss-reactive ketones (excluding diaryl/α,β-unsaturated/α-hetero) is 1. The summed E-state index contributed by atoms with van der Waals surface area (Å²) in [6.45, 7) is 4.13. The molecule has 3 rings (SSSR count). The van der Waals surface area contributed by atoms with Crippen LogP contribution in [0.1, 0.15) is 37.5 Å². The number of hydrogen-bond acceptors (Lipinski definition) is 6. The van der Waals surface area contributed by atoms with Gasteiger partial charge in [0.2, 0.25) is 5.91 Å². The second-order valence-corrected chi connectivity index (χ2v) is 8.98. The van der Waals surface area contributed by atoms with E-state index < -0.39 is 5.91 Å². The van der Waals surface area contributed by atoms with Crippen molar-refractivity contribution in [2.75, 3.05) is 5.75 Å². The molecule has 1 aromatic heterocycles. The molecule has 1 unspecified atom stereocenters. The Labute approximate surface area is 155 Å². The molecule has 25 heavy (non-hydrogen) atoms. The van der Waals surface area contributed by atoms with Gasteiger partial charge >= 0.3 is 0 Å². The van der Waals surface area contributed by atoms with Crippen LogP contribution in [-0.2, 0) is 9.59 Å². The molecule has 1 atom stereocenters. The SMILES string of the molecule is CC1(C)CC(=O)C2=C(C1)NC(SCC(N)=O)=C(C#N)C2c1cccs1. The predicted molar refractivity (Wildman–Crippen MR) is 99.5 cm³/mol. The highest BCUT2D eigenvalue weighted by molar-refractivity contribution is 8.03. The molecule has 1 aliphatic heterocycles. The van der Waals surface area contributed by atoms with Gasteiger partial charge in [0.15, 0.2) is 5.78 Å². The average Bonchev–Trinajstić information content (AvgIpc) is 3.04. The lowest BCUT2D eigenvalue weighted by atomic mass is 9.70. The number of thiophene rings is 1. The number of nitrogens with one attached hydrogen (secondary N) is 1. The fourth-order valence-electron chi connectivity index (χ4n) is 3.37. The molecule has 5 nitrogen and oxygen atoms in total. The second kappa shape index (κ2) is 6.70. The summed E-state index contributed by atoms with van der Waals surface area (Å²) in [5.41, 5.74) is 7.18. The van der Waals surface area contributed by atoms with Crippen molar-refractivity contribution in [1.82, 2.24) is 5.32 Å². The molecule has 3 N–H and O–H groups in total. The molecule has 0 aromatic carbocycles. The summed E-state index contributed by atoms with van der Waals surface area (Å²) in [4.78, 5) is 25.0. The summed E-state index contributed by atoms with van der Waals surface area (Å²) in [5.74, 6) is -0.627. The summed E-state index contributed by atoms with van der Waals surface area (Å²) in [6.07, 6.45) is 1.20. The van der Waals surface area contributed by atoms with E-state index in [-0.39, 0.29) is 22.9 Å². The Morgan fingerprint density at radius 3 is 2.88 bits per heavy atom. The van der Waals surface area contributed by atoms with Crippen LogP contribution >= 0.6 is 23.1 Å². The third-order valence-corrected chi connectivity index (χ3v) is 6.29. The summed E-state index contributed by atoms with van der Waals surface area (Å²) in [7, 11) is 0. The molecule has 0 radical (unpaired) electrons. The predicted octanol–water partition coefficient (Wildman–Crippen LogP) is 3.03. The number of allylic oxidation sites excluding steroid dienone is 3. The largest absolute Gasteiger partial charge is 0.369 e. The van der Waals surface area contributed by atoms with E-state index in [1.54, 1.807) is 0 Å². The zero-order valence-corrected chi connectivity index (χ0v) is 15.7. The van der Waals surface area contributed by atoms with Crippen LogP contribution in [0.4, 0.5) is 0 Å². The first kappa shape index (κ1) is 17.8. The number of carbonyl (C=O) groups excluding carboxylic acids is 2. The van der Waals surface area contributed by atoms with Gasteiger partial charge in [-0.2, -0.15) is 5.26 Å². The normalized spacial score (nSPS) is 22.3. The van der Waals surface area contributed by atoms with Crippen molar-refractivity contribution in [1.29, 1.82) is 5.26 Å². The van der Waals surface area contributed by atoms with Crippen LogP contribution in [0.25, 0.3) is 0 Å². The molecule has 1 aromatic rings. The standard InChI is InChI=1S/C18H19N3O2S2/c1-18(2)6-11-16(12(22)7-18)15(13-4-3-5-24-13)10(8-19)17(21-11)25-9-14(20)23/h3-5,15,21H,6-7,9H2,1-2H3,(H2,20,23). The fourth-order valence-corrected chi connectivity index (χ4v) is 5.02. The highest BCUT2D eigenvalue weighted by Crippen LogP contribution is 2.48. The van der Waals surface area contributed by atoms with E-state index in [0.29, 0.717) is 22.6 Å². The van der Waals surface area contributed by atoms with E-state index in [1.807, 2.05) is 17.5 Å². The fraction of sp³-hybridized carbons (Fsp3) is 0.389. The molecule has 2 heterocycles. The number of hydrogen-bond donors (Lipinski definition) is 2. The van der Waals surface area contributed by atoms with Gasteiger partial charge in [0, 0.05) is 22.6 Å². The molecular formula is C18H19N3O2S2. The minimum Gasteiger partial charge on any atom is -0.369 e. The van der Waals surface area contributed by atoms with Crippen LogP contribution in [0.5, 0.6) is 0 Å². The molecule has 2 aliphatic rings. The van der Waals surface area contributed by atoms with Gasteiger partial charge in [-0.3, -0.25) is 9.59 Å². The summed E-state index contributed by atoms with van der Waals surface area (Å²) >= 11 is 2.76. The smallest absolute Gasteiger partial charge is 0.227 e. The van der Waals surface area contributed by atoms with Crippen molar-refractivity contribution in [3.63, 3.8) is 0 Å². The van der Waals surface area contributed by atoms with Crippen LogP contribution in [0.15, 0.2) is 39.4 Å². The lowest BCUT2D eigenvalue weighted by molar-refractivity contribution is -0.118. The Balaban J connectivity index is 2.11. The first-order valence-corrected chi connectivity index (χ1v) is 9.81. The van der Waals surface area contributed by atoms with Crippen LogP contribution in [0.3, 0.4) is 0 Å². The monoisotopic (exact) mass is 373 g/mol. The van der Waals surface area contributed by atoms with E-state index >= 15 is 0 Å². The number of thioether (sulfide) groups is 1. The zero-order chi connectivity index (χ0) is 18.2. The number of dihydropyridines is 1. The lowest BCUT2D eigenvalue weighted by Gasteiger charge is -2.38. The maximum absolute atomic E-state index is 12.9. The number of nitrogens with zero attached hydrogens (tertiary/aromatic N) is 1. The summed E-state index contributed by atoms with van der Waals surface area (Å²) in [6, 6.07) is 6.13. The Kier molecular flexibility index (Phi) is 4.76. The molecule has 1 aliphatic carbocycles. The zero-order valence-electron chi connectivity index (χ0n) is 14.1. The quantitative estimate of drug-likeness (QED) is 0.846. The van der Waals surface area contributed by atoms with Crippen molar-refractivity contribution in [3.8, 4) is 6.07 Å². The molecule has 0 saturated carbocycles. The van der Waals surface area contributed by atoms with Gasteiger partial charge in [-0.1, -0.05) is 31.7 Å². The minimum atomic E-state index is -0.441. The Morgan fingerprint density at radius 2 is 2.28 bits per heavy atom. The van der Waals surface area contributed by atoms with E-state index in [9.17, 15) is 14.9 Å². The summed E-state index contributed by atoms with van der Waals surface area (Å²) in [5, 5.41) is 15.6.